The monoisotopic (exact) mass is 481 g/mol. The minimum absolute atomic E-state index is 0.0454. The smallest absolute Gasteiger partial charge is 0.250 e. The summed E-state index contributed by atoms with van der Waals surface area (Å²) >= 11 is 0. The van der Waals surface area contributed by atoms with Gasteiger partial charge in [0.1, 0.15) is 11.5 Å². The van der Waals surface area contributed by atoms with E-state index in [0.717, 1.165) is 28.9 Å². The van der Waals surface area contributed by atoms with Crippen molar-refractivity contribution in [1.82, 2.24) is 14.8 Å². The number of fused-ring (bicyclic) bond motifs is 1. The molecule has 5 rings (SSSR count). The number of nitrogens with zero attached hydrogens (tertiary/aromatic N) is 3. The second-order valence-corrected chi connectivity index (χ2v) is 8.40. The number of benzene rings is 3. The van der Waals surface area contributed by atoms with Crippen LogP contribution in [0.3, 0.4) is 0 Å². The largest absolute Gasteiger partial charge is 0.497 e. The first-order valence-electron chi connectivity index (χ1n) is 11.7. The standard InChI is InChI=1S/C28H27N5O3/c1-35-22-15-12-20(13-16-22)24-18-23(19-8-4-3-5-9-19)29-28-31-27(32-33(24)28)30-26(34)17-14-21-10-6-7-11-25(21)36-2/h3-17,23-24H,18H2,1-2H3,(H2,29,30,31,32,34)/b17-14+/t23-,24+/m1/s1. The van der Waals surface area contributed by atoms with E-state index < -0.39 is 0 Å². The maximum Gasteiger partial charge on any atom is 0.250 e. The Bertz CT molecular complexity index is 1370. The summed E-state index contributed by atoms with van der Waals surface area (Å²) in [4.78, 5) is 17.2. The van der Waals surface area contributed by atoms with Gasteiger partial charge >= 0.3 is 0 Å². The van der Waals surface area contributed by atoms with Crippen molar-refractivity contribution < 1.29 is 14.3 Å². The summed E-state index contributed by atoms with van der Waals surface area (Å²) in [5, 5.41) is 10.9. The highest BCUT2D eigenvalue weighted by Crippen LogP contribution is 2.38. The Balaban J connectivity index is 1.41. The molecule has 1 aliphatic rings. The molecule has 2 atom stereocenters. The predicted octanol–water partition coefficient (Wildman–Crippen LogP) is 5.09. The molecular weight excluding hydrogens is 454 g/mol. The van der Waals surface area contributed by atoms with Gasteiger partial charge in [-0.2, -0.15) is 4.98 Å². The van der Waals surface area contributed by atoms with Gasteiger partial charge in [-0.25, -0.2) is 4.68 Å². The van der Waals surface area contributed by atoms with E-state index in [2.05, 4.69) is 32.8 Å². The molecule has 2 N–H and O–H groups in total. The van der Waals surface area contributed by atoms with Gasteiger partial charge in [-0.1, -0.05) is 60.7 Å². The first kappa shape index (κ1) is 23.2. The molecule has 0 spiro atoms. The number of carbonyl (C=O) groups is 1. The minimum Gasteiger partial charge on any atom is -0.497 e. The fourth-order valence-corrected chi connectivity index (χ4v) is 4.36. The summed E-state index contributed by atoms with van der Waals surface area (Å²) in [5.41, 5.74) is 3.05. The maximum absolute atomic E-state index is 12.6. The highest BCUT2D eigenvalue weighted by molar-refractivity contribution is 6.01. The molecule has 0 saturated carbocycles. The second kappa shape index (κ2) is 10.4. The van der Waals surface area contributed by atoms with Gasteiger partial charge in [0.15, 0.2) is 0 Å². The molecule has 0 aliphatic carbocycles. The number of anilines is 2. The number of nitrogens with one attached hydrogen (secondary N) is 2. The van der Waals surface area contributed by atoms with Gasteiger partial charge in [0, 0.05) is 11.6 Å². The van der Waals surface area contributed by atoms with Crippen molar-refractivity contribution in [2.45, 2.75) is 18.5 Å². The number of hydrogen-bond donors (Lipinski definition) is 2. The van der Waals surface area contributed by atoms with Crippen LogP contribution in [0.25, 0.3) is 6.08 Å². The molecule has 1 aromatic heterocycles. The van der Waals surface area contributed by atoms with Crippen LogP contribution in [0, 0.1) is 0 Å². The van der Waals surface area contributed by atoms with Crippen LogP contribution in [0.1, 0.15) is 35.2 Å². The molecule has 8 nitrogen and oxygen atoms in total. The van der Waals surface area contributed by atoms with Crippen molar-refractivity contribution in [3.05, 3.63) is 102 Å². The number of aromatic nitrogens is 3. The Morgan fingerprint density at radius 1 is 0.972 bits per heavy atom. The molecule has 2 heterocycles. The molecule has 8 heteroatoms. The van der Waals surface area contributed by atoms with Gasteiger partial charge < -0.3 is 14.8 Å². The molecular formula is C28H27N5O3. The van der Waals surface area contributed by atoms with Crippen molar-refractivity contribution in [2.75, 3.05) is 24.9 Å². The molecule has 0 radical (unpaired) electrons. The highest BCUT2D eigenvalue weighted by Gasteiger charge is 2.31. The zero-order chi connectivity index (χ0) is 24.9. The van der Waals surface area contributed by atoms with E-state index in [1.165, 1.54) is 6.08 Å². The third-order valence-electron chi connectivity index (χ3n) is 6.18. The van der Waals surface area contributed by atoms with E-state index in [-0.39, 0.29) is 23.9 Å². The summed E-state index contributed by atoms with van der Waals surface area (Å²) in [7, 11) is 3.25. The maximum atomic E-state index is 12.6. The molecule has 4 aromatic rings. The first-order valence-corrected chi connectivity index (χ1v) is 11.7. The van der Waals surface area contributed by atoms with Crippen LogP contribution in [-0.2, 0) is 4.79 Å². The van der Waals surface area contributed by atoms with Crippen molar-refractivity contribution >= 4 is 23.9 Å². The molecule has 1 amide bonds. The number of rotatable bonds is 7. The van der Waals surface area contributed by atoms with Gasteiger partial charge in [0.05, 0.1) is 26.3 Å². The number of para-hydroxylation sites is 1. The van der Waals surface area contributed by atoms with Crippen LogP contribution < -0.4 is 20.1 Å². The van der Waals surface area contributed by atoms with Gasteiger partial charge in [-0.15, -0.1) is 5.10 Å². The second-order valence-electron chi connectivity index (χ2n) is 8.40. The van der Waals surface area contributed by atoms with E-state index >= 15 is 0 Å². The van der Waals surface area contributed by atoms with E-state index in [1.54, 1.807) is 20.3 Å². The van der Waals surface area contributed by atoms with Crippen LogP contribution in [0.2, 0.25) is 0 Å². The van der Waals surface area contributed by atoms with Crippen molar-refractivity contribution in [3.8, 4) is 11.5 Å². The van der Waals surface area contributed by atoms with Gasteiger partial charge in [0.2, 0.25) is 5.95 Å². The molecule has 1 aliphatic heterocycles. The summed E-state index contributed by atoms with van der Waals surface area (Å²) in [6.45, 7) is 0. The summed E-state index contributed by atoms with van der Waals surface area (Å²) < 4.78 is 12.5. The SMILES string of the molecule is COc1ccc([C@@H]2C[C@H](c3ccccc3)Nc3nc(NC(=O)/C=C/c4ccccc4OC)nn32)cc1. The highest BCUT2D eigenvalue weighted by atomic mass is 16.5. The molecule has 36 heavy (non-hydrogen) atoms. The molecule has 0 fully saturated rings. The van der Waals surface area contributed by atoms with Gasteiger partial charge in [-0.3, -0.25) is 10.1 Å². The lowest BCUT2D eigenvalue weighted by atomic mass is 9.93. The average molecular weight is 482 g/mol. The van der Waals surface area contributed by atoms with Crippen LogP contribution in [0.5, 0.6) is 11.5 Å². The first-order chi connectivity index (χ1) is 17.6. The van der Waals surface area contributed by atoms with Crippen LogP contribution in [0.15, 0.2) is 84.9 Å². The fourth-order valence-electron chi connectivity index (χ4n) is 4.36. The lowest BCUT2D eigenvalue weighted by Gasteiger charge is -2.31. The molecule has 3 aromatic carbocycles. The Labute approximate surface area is 209 Å². The van der Waals surface area contributed by atoms with Crippen molar-refractivity contribution in [2.24, 2.45) is 0 Å². The van der Waals surface area contributed by atoms with Crippen molar-refractivity contribution in [3.63, 3.8) is 0 Å². The number of amides is 1. The van der Waals surface area contributed by atoms with Gasteiger partial charge in [-0.05, 0) is 41.8 Å². The van der Waals surface area contributed by atoms with E-state index in [1.807, 2.05) is 71.4 Å². The van der Waals surface area contributed by atoms with Gasteiger partial charge in [0.25, 0.3) is 11.9 Å². The van der Waals surface area contributed by atoms with Crippen LogP contribution >= 0.6 is 0 Å². The molecule has 0 saturated heterocycles. The van der Waals surface area contributed by atoms with Crippen molar-refractivity contribution in [1.29, 1.82) is 0 Å². The molecule has 0 unspecified atom stereocenters. The predicted molar refractivity (Wildman–Crippen MR) is 139 cm³/mol. The summed E-state index contributed by atoms with van der Waals surface area (Å²) in [5.74, 6) is 1.99. The fraction of sp³-hybridized carbons (Fsp3) is 0.179. The van der Waals surface area contributed by atoms with E-state index in [4.69, 9.17) is 9.47 Å². The lowest BCUT2D eigenvalue weighted by Crippen LogP contribution is -2.28. The zero-order valence-corrected chi connectivity index (χ0v) is 20.1. The van der Waals surface area contributed by atoms with E-state index in [0.29, 0.717) is 11.7 Å². The summed E-state index contributed by atoms with van der Waals surface area (Å²) in [6, 6.07) is 25.7. The molecule has 0 bridgehead atoms. The quantitative estimate of drug-likeness (QED) is 0.357. The zero-order valence-electron chi connectivity index (χ0n) is 20.1. The number of ether oxygens (including phenoxy) is 2. The Hall–Kier alpha value is -4.59. The third-order valence-corrected chi connectivity index (χ3v) is 6.18. The Kier molecular flexibility index (Phi) is 6.66. The normalized spacial score (nSPS) is 16.7. The minimum atomic E-state index is -0.329. The molecule has 182 valence electrons. The Morgan fingerprint density at radius 3 is 2.47 bits per heavy atom. The number of carbonyl (C=O) groups excluding carboxylic acids is 1. The third kappa shape index (κ3) is 4.93. The Morgan fingerprint density at radius 2 is 1.72 bits per heavy atom. The van der Waals surface area contributed by atoms with E-state index in [9.17, 15) is 4.79 Å². The topological polar surface area (TPSA) is 90.3 Å². The number of methoxy groups -OCH3 is 2. The van der Waals surface area contributed by atoms with Crippen LogP contribution in [-0.4, -0.2) is 34.9 Å². The number of hydrogen-bond acceptors (Lipinski definition) is 6. The summed E-state index contributed by atoms with van der Waals surface area (Å²) in [6.07, 6.45) is 3.92. The lowest BCUT2D eigenvalue weighted by molar-refractivity contribution is -0.111. The average Bonchev–Trinajstić information content (AvgIpc) is 3.34. The van der Waals surface area contributed by atoms with Crippen LogP contribution in [0.4, 0.5) is 11.9 Å².